The number of hydrogen-bond donors (Lipinski definition) is 1. The smallest absolute Gasteiger partial charge is 0.336 e. The Hall–Kier alpha value is -1.91. The van der Waals surface area contributed by atoms with E-state index < -0.39 is 5.97 Å². The Morgan fingerprint density at radius 1 is 1.37 bits per heavy atom. The Kier molecular flexibility index (Phi) is 4.14. The highest BCUT2D eigenvalue weighted by atomic mass is 79.9. The van der Waals surface area contributed by atoms with E-state index in [-0.39, 0.29) is 11.3 Å². The minimum absolute atomic E-state index is 0.155. The van der Waals surface area contributed by atoms with Gasteiger partial charge in [0.1, 0.15) is 11.1 Å². The van der Waals surface area contributed by atoms with Crippen molar-refractivity contribution in [1.82, 2.24) is 9.97 Å². The second-order valence-electron chi connectivity index (χ2n) is 3.37. The lowest BCUT2D eigenvalue weighted by atomic mass is 10.2. The highest BCUT2D eigenvalue weighted by Gasteiger charge is 2.14. The number of nitriles is 1. The Bertz CT molecular complexity index is 685. The fraction of sp³-hybridized carbons (Fsp3) is 0. The van der Waals surface area contributed by atoms with Crippen molar-refractivity contribution in [3.63, 3.8) is 0 Å². The maximum absolute atomic E-state index is 11.1. The summed E-state index contributed by atoms with van der Waals surface area (Å²) in [4.78, 5) is 19.6. The molecule has 19 heavy (non-hydrogen) atoms. The number of carboxylic acid groups (broad SMARTS) is 1. The molecule has 1 heterocycles. The predicted molar refractivity (Wildman–Crippen MR) is 72.0 cm³/mol. The van der Waals surface area contributed by atoms with Gasteiger partial charge in [0.15, 0.2) is 5.69 Å². The lowest BCUT2D eigenvalue weighted by Gasteiger charge is -2.06. The molecular weight excluding hydrogens is 330 g/mol. The Balaban J connectivity index is 2.46. The maximum Gasteiger partial charge on any atom is 0.336 e. The molecule has 94 valence electrons. The molecule has 2 rings (SSSR count). The normalized spacial score (nSPS) is 9.89. The molecule has 0 radical (unpaired) electrons. The van der Waals surface area contributed by atoms with Crippen LogP contribution in [-0.4, -0.2) is 21.0 Å². The number of halogens is 1. The number of nitrogens with zero attached hydrogens (tertiary/aromatic N) is 3. The number of carbonyl (C=O) groups is 1. The van der Waals surface area contributed by atoms with Gasteiger partial charge < -0.3 is 5.11 Å². The lowest BCUT2D eigenvalue weighted by Crippen LogP contribution is -1.99. The SMILES string of the molecule is N#Cc1nccnc1Sc1cc(Br)ccc1C(=O)O. The summed E-state index contributed by atoms with van der Waals surface area (Å²) >= 11 is 4.39. The van der Waals surface area contributed by atoms with Crippen molar-refractivity contribution < 1.29 is 9.90 Å². The number of carboxylic acids is 1. The minimum Gasteiger partial charge on any atom is -0.478 e. The minimum atomic E-state index is -1.03. The third kappa shape index (κ3) is 3.10. The molecule has 5 nitrogen and oxygen atoms in total. The molecule has 0 spiro atoms. The van der Waals surface area contributed by atoms with Crippen LogP contribution < -0.4 is 0 Å². The first-order chi connectivity index (χ1) is 9.11. The molecule has 0 aliphatic heterocycles. The molecule has 0 aliphatic rings. The van der Waals surface area contributed by atoms with Crippen molar-refractivity contribution in [2.45, 2.75) is 9.92 Å². The maximum atomic E-state index is 11.1. The van der Waals surface area contributed by atoms with Crippen LogP contribution in [0.15, 0.2) is 45.0 Å². The van der Waals surface area contributed by atoms with Crippen molar-refractivity contribution in [3.8, 4) is 6.07 Å². The van der Waals surface area contributed by atoms with E-state index in [1.807, 2.05) is 6.07 Å². The first-order valence-corrected chi connectivity index (χ1v) is 6.64. The molecule has 0 fully saturated rings. The summed E-state index contributed by atoms with van der Waals surface area (Å²) in [6.07, 6.45) is 2.88. The van der Waals surface area contributed by atoms with E-state index in [1.165, 1.54) is 18.5 Å². The van der Waals surface area contributed by atoms with Crippen LogP contribution in [0.3, 0.4) is 0 Å². The third-order valence-electron chi connectivity index (χ3n) is 2.15. The zero-order valence-electron chi connectivity index (χ0n) is 9.37. The van der Waals surface area contributed by atoms with Crippen LogP contribution in [0.25, 0.3) is 0 Å². The van der Waals surface area contributed by atoms with Crippen molar-refractivity contribution >= 4 is 33.7 Å². The predicted octanol–water partition coefficient (Wildman–Crippen LogP) is 2.96. The molecular formula is C12H6BrN3O2S. The summed E-state index contributed by atoms with van der Waals surface area (Å²) in [5.41, 5.74) is 0.326. The van der Waals surface area contributed by atoms with Gasteiger partial charge >= 0.3 is 5.97 Å². The summed E-state index contributed by atoms with van der Waals surface area (Å²) in [6.45, 7) is 0. The van der Waals surface area contributed by atoms with Crippen LogP contribution in [0, 0.1) is 11.3 Å². The molecule has 0 saturated heterocycles. The van der Waals surface area contributed by atoms with Gasteiger partial charge in [-0.25, -0.2) is 14.8 Å². The molecule has 0 atom stereocenters. The topological polar surface area (TPSA) is 86.9 Å². The van der Waals surface area contributed by atoms with Gasteiger partial charge in [0, 0.05) is 21.8 Å². The molecule has 1 aromatic heterocycles. The van der Waals surface area contributed by atoms with Crippen LogP contribution in [0.5, 0.6) is 0 Å². The van der Waals surface area contributed by atoms with Crippen molar-refractivity contribution in [1.29, 1.82) is 5.26 Å². The van der Waals surface area contributed by atoms with Crippen LogP contribution in [0.2, 0.25) is 0 Å². The van der Waals surface area contributed by atoms with Crippen molar-refractivity contribution in [3.05, 3.63) is 46.3 Å². The van der Waals surface area contributed by atoms with E-state index in [2.05, 4.69) is 25.9 Å². The lowest BCUT2D eigenvalue weighted by molar-refractivity contribution is 0.0693. The average Bonchev–Trinajstić information content (AvgIpc) is 2.39. The van der Waals surface area contributed by atoms with Gasteiger partial charge in [0.2, 0.25) is 0 Å². The molecule has 1 aromatic carbocycles. The molecule has 7 heteroatoms. The van der Waals surface area contributed by atoms with Gasteiger partial charge in [-0.3, -0.25) is 0 Å². The standard InChI is InChI=1S/C12H6BrN3O2S/c13-7-1-2-8(12(17)18)10(5-7)19-11-9(6-14)15-3-4-16-11/h1-5H,(H,17,18). The van der Waals surface area contributed by atoms with Crippen LogP contribution in [0.1, 0.15) is 16.1 Å². The Labute approximate surface area is 121 Å². The van der Waals surface area contributed by atoms with E-state index in [0.29, 0.717) is 9.92 Å². The van der Waals surface area contributed by atoms with Gasteiger partial charge in [-0.05, 0) is 18.2 Å². The fourth-order valence-corrected chi connectivity index (χ4v) is 2.82. The van der Waals surface area contributed by atoms with Crippen LogP contribution in [0.4, 0.5) is 0 Å². The summed E-state index contributed by atoms with van der Waals surface area (Å²) in [7, 11) is 0. The summed E-state index contributed by atoms with van der Waals surface area (Å²) in [6, 6.07) is 6.74. The zero-order valence-corrected chi connectivity index (χ0v) is 11.8. The molecule has 0 saturated carbocycles. The molecule has 0 unspecified atom stereocenters. The molecule has 1 N–H and O–H groups in total. The highest BCUT2D eigenvalue weighted by Crippen LogP contribution is 2.32. The van der Waals surface area contributed by atoms with Crippen molar-refractivity contribution in [2.24, 2.45) is 0 Å². The molecule has 0 aliphatic carbocycles. The number of hydrogen-bond acceptors (Lipinski definition) is 5. The van der Waals surface area contributed by atoms with E-state index in [9.17, 15) is 4.79 Å². The summed E-state index contributed by atoms with van der Waals surface area (Å²) in [5, 5.41) is 18.4. The van der Waals surface area contributed by atoms with Gasteiger partial charge in [0.05, 0.1) is 5.56 Å². The van der Waals surface area contributed by atoms with Crippen LogP contribution in [-0.2, 0) is 0 Å². The highest BCUT2D eigenvalue weighted by molar-refractivity contribution is 9.10. The first-order valence-electron chi connectivity index (χ1n) is 5.03. The number of rotatable bonds is 3. The second-order valence-corrected chi connectivity index (χ2v) is 5.32. The first kappa shape index (κ1) is 13.5. The fourth-order valence-electron chi connectivity index (χ4n) is 1.34. The molecule has 2 aromatic rings. The third-order valence-corrected chi connectivity index (χ3v) is 3.69. The Morgan fingerprint density at radius 2 is 2.11 bits per heavy atom. The van der Waals surface area contributed by atoms with Crippen LogP contribution >= 0.6 is 27.7 Å². The second kappa shape index (κ2) is 5.82. The van der Waals surface area contributed by atoms with Gasteiger partial charge in [-0.15, -0.1) is 0 Å². The largest absolute Gasteiger partial charge is 0.478 e. The zero-order chi connectivity index (χ0) is 13.8. The van der Waals surface area contributed by atoms with Gasteiger partial charge in [-0.1, -0.05) is 27.7 Å². The van der Waals surface area contributed by atoms with E-state index in [4.69, 9.17) is 10.4 Å². The van der Waals surface area contributed by atoms with Gasteiger partial charge in [-0.2, -0.15) is 5.26 Å². The van der Waals surface area contributed by atoms with E-state index >= 15 is 0 Å². The summed E-state index contributed by atoms with van der Waals surface area (Å²) < 4.78 is 0.752. The monoisotopic (exact) mass is 335 g/mol. The van der Waals surface area contributed by atoms with E-state index in [1.54, 1.807) is 12.1 Å². The molecule has 0 bridgehead atoms. The number of aromatic nitrogens is 2. The summed E-state index contributed by atoms with van der Waals surface area (Å²) in [5.74, 6) is -1.03. The number of benzene rings is 1. The van der Waals surface area contributed by atoms with Crippen molar-refractivity contribution in [2.75, 3.05) is 0 Å². The van der Waals surface area contributed by atoms with Gasteiger partial charge in [0.25, 0.3) is 0 Å². The molecule has 0 amide bonds. The average molecular weight is 336 g/mol. The van der Waals surface area contributed by atoms with E-state index in [0.717, 1.165) is 16.2 Å². The number of aromatic carboxylic acids is 1. The Morgan fingerprint density at radius 3 is 2.79 bits per heavy atom. The quantitative estimate of drug-likeness (QED) is 0.927.